The van der Waals surface area contributed by atoms with Gasteiger partial charge in [-0.3, -0.25) is 0 Å². The molecule has 0 fully saturated rings. The topological polar surface area (TPSA) is 71.5 Å². The molecule has 8 heteroatoms. The predicted octanol–water partition coefficient (Wildman–Crippen LogP) is 1.71. The summed E-state index contributed by atoms with van der Waals surface area (Å²) in [4.78, 5) is 0.166. The second kappa shape index (κ2) is 6.64. The molecule has 0 radical (unpaired) electrons. The minimum atomic E-state index is -3.73. The molecule has 0 atom stereocenters. The van der Waals surface area contributed by atoms with E-state index in [4.69, 9.17) is 11.6 Å². The fourth-order valence-electron chi connectivity index (χ4n) is 1.88. The lowest BCUT2D eigenvalue weighted by molar-refractivity contribution is 0.484. The van der Waals surface area contributed by atoms with E-state index < -0.39 is 19.9 Å². The molecule has 0 N–H and O–H groups in total. The van der Waals surface area contributed by atoms with Gasteiger partial charge >= 0.3 is 0 Å². The van der Waals surface area contributed by atoms with Gasteiger partial charge in [-0.25, -0.2) is 16.8 Å². The Morgan fingerprint density at radius 3 is 2.14 bits per heavy atom. The van der Waals surface area contributed by atoms with Gasteiger partial charge in [0.1, 0.15) is 9.84 Å². The predicted molar refractivity (Wildman–Crippen MR) is 85.0 cm³/mol. The summed E-state index contributed by atoms with van der Waals surface area (Å²) in [5, 5.41) is 0. The van der Waals surface area contributed by atoms with Crippen LogP contribution in [0.15, 0.2) is 17.0 Å². The third-order valence-corrected chi connectivity index (χ3v) is 6.45. The van der Waals surface area contributed by atoms with Crippen LogP contribution in [0.3, 0.4) is 0 Å². The highest BCUT2D eigenvalue weighted by Gasteiger charge is 2.24. The van der Waals surface area contributed by atoms with Crippen molar-refractivity contribution in [1.29, 1.82) is 0 Å². The lowest BCUT2D eigenvalue weighted by atomic mass is 10.1. The monoisotopic (exact) mass is 353 g/mol. The molecule has 0 amide bonds. The Morgan fingerprint density at radius 1 is 1.10 bits per heavy atom. The summed E-state index contributed by atoms with van der Waals surface area (Å²) in [6, 6.07) is 3.33. The van der Waals surface area contributed by atoms with E-state index in [1.807, 2.05) is 6.92 Å². The summed E-state index contributed by atoms with van der Waals surface area (Å²) in [7, 11) is -5.57. The molecule has 120 valence electrons. The molecular formula is C13H20ClNO4S2. The Morgan fingerprint density at radius 2 is 1.67 bits per heavy atom. The molecule has 0 aliphatic heterocycles. The first-order valence-electron chi connectivity index (χ1n) is 6.29. The number of hydrogen-bond donors (Lipinski definition) is 0. The van der Waals surface area contributed by atoms with Gasteiger partial charge in [0.15, 0.2) is 0 Å². The highest BCUT2D eigenvalue weighted by atomic mass is 35.5. The van der Waals surface area contributed by atoms with Crippen molar-refractivity contribution >= 4 is 31.5 Å². The largest absolute Gasteiger partial charge is 0.243 e. The van der Waals surface area contributed by atoms with Crippen molar-refractivity contribution < 1.29 is 16.8 Å². The van der Waals surface area contributed by atoms with Crippen LogP contribution in [-0.4, -0.2) is 46.7 Å². The van der Waals surface area contributed by atoms with Crippen molar-refractivity contribution in [2.75, 3.05) is 25.6 Å². The standard InChI is InChI=1S/C13H20ClNO4S2/c1-10-7-11(2)13(8-12(10)9-14)21(18,19)15(3)5-6-20(4,16)17/h7-8H,5-6,9H2,1-4H3. The number of benzene rings is 1. The number of sulfone groups is 1. The van der Waals surface area contributed by atoms with Gasteiger partial charge in [-0.15, -0.1) is 11.6 Å². The van der Waals surface area contributed by atoms with Crippen molar-refractivity contribution in [3.05, 3.63) is 28.8 Å². The molecule has 0 aliphatic carbocycles. The number of halogens is 1. The molecule has 0 heterocycles. The number of rotatable bonds is 6. The summed E-state index contributed by atoms with van der Waals surface area (Å²) < 4.78 is 48.5. The van der Waals surface area contributed by atoms with E-state index in [0.717, 1.165) is 21.7 Å². The van der Waals surface area contributed by atoms with E-state index in [1.165, 1.54) is 7.05 Å². The zero-order valence-electron chi connectivity index (χ0n) is 12.6. The minimum absolute atomic E-state index is 0.0787. The fraction of sp³-hybridized carbons (Fsp3) is 0.538. The number of hydrogen-bond acceptors (Lipinski definition) is 4. The van der Waals surface area contributed by atoms with Crippen LogP contribution in [0.1, 0.15) is 16.7 Å². The molecular weight excluding hydrogens is 334 g/mol. The minimum Gasteiger partial charge on any atom is -0.229 e. The Bertz CT molecular complexity index is 727. The van der Waals surface area contributed by atoms with E-state index in [9.17, 15) is 16.8 Å². The van der Waals surface area contributed by atoms with Crippen LogP contribution < -0.4 is 0 Å². The zero-order valence-corrected chi connectivity index (χ0v) is 14.9. The molecule has 1 rings (SSSR count). The average Bonchev–Trinajstić information content (AvgIpc) is 2.34. The van der Waals surface area contributed by atoms with Crippen molar-refractivity contribution in [1.82, 2.24) is 4.31 Å². The van der Waals surface area contributed by atoms with E-state index in [-0.39, 0.29) is 23.1 Å². The highest BCUT2D eigenvalue weighted by Crippen LogP contribution is 2.24. The van der Waals surface area contributed by atoms with E-state index in [1.54, 1.807) is 19.1 Å². The Balaban J connectivity index is 3.19. The summed E-state index contributed by atoms with van der Waals surface area (Å²) in [6.45, 7) is 3.50. The maximum atomic E-state index is 12.5. The van der Waals surface area contributed by atoms with Gasteiger partial charge in [-0.1, -0.05) is 6.07 Å². The first kappa shape index (κ1) is 18.4. The van der Waals surface area contributed by atoms with Gasteiger partial charge in [-0.05, 0) is 36.6 Å². The molecule has 0 aliphatic rings. The van der Waals surface area contributed by atoms with E-state index in [0.29, 0.717) is 5.56 Å². The van der Waals surface area contributed by atoms with Crippen LogP contribution in [0, 0.1) is 13.8 Å². The molecule has 0 aromatic heterocycles. The van der Waals surface area contributed by atoms with Crippen LogP contribution in [0.2, 0.25) is 0 Å². The first-order valence-corrected chi connectivity index (χ1v) is 10.3. The van der Waals surface area contributed by atoms with Crippen molar-refractivity contribution in [2.45, 2.75) is 24.6 Å². The maximum Gasteiger partial charge on any atom is 0.243 e. The van der Waals surface area contributed by atoms with Crippen LogP contribution in [0.4, 0.5) is 0 Å². The van der Waals surface area contributed by atoms with E-state index >= 15 is 0 Å². The fourth-order valence-corrected chi connectivity index (χ4v) is 4.31. The second-order valence-electron chi connectivity index (χ2n) is 5.13. The summed E-state index contributed by atoms with van der Waals surface area (Å²) in [5.41, 5.74) is 2.30. The second-order valence-corrected chi connectivity index (χ2v) is 9.67. The number of alkyl halides is 1. The van der Waals surface area contributed by atoms with Crippen LogP contribution in [0.25, 0.3) is 0 Å². The third-order valence-electron chi connectivity index (χ3n) is 3.24. The normalized spacial score (nSPS) is 12.9. The van der Waals surface area contributed by atoms with Gasteiger partial charge in [0.25, 0.3) is 0 Å². The highest BCUT2D eigenvalue weighted by molar-refractivity contribution is 7.91. The zero-order chi connectivity index (χ0) is 16.4. The van der Waals surface area contributed by atoms with Crippen LogP contribution in [-0.2, 0) is 25.7 Å². The molecule has 0 unspecified atom stereocenters. The third kappa shape index (κ3) is 4.67. The molecule has 21 heavy (non-hydrogen) atoms. The Hall–Kier alpha value is -0.630. The van der Waals surface area contributed by atoms with Gasteiger partial charge in [0, 0.05) is 25.7 Å². The lowest BCUT2D eigenvalue weighted by Crippen LogP contribution is -2.32. The molecule has 1 aromatic rings. The number of aryl methyl sites for hydroxylation is 2. The lowest BCUT2D eigenvalue weighted by Gasteiger charge is -2.19. The SMILES string of the molecule is Cc1cc(C)c(S(=O)(=O)N(C)CCS(C)(=O)=O)cc1CCl. The maximum absolute atomic E-state index is 12.5. The first-order chi connectivity index (χ1) is 9.49. The quantitative estimate of drug-likeness (QED) is 0.730. The molecule has 0 saturated heterocycles. The van der Waals surface area contributed by atoms with Gasteiger partial charge < -0.3 is 0 Å². The molecule has 0 bridgehead atoms. The summed E-state index contributed by atoms with van der Waals surface area (Å²) >= 11 is 5.82. The molecule has 0 saturated carbocycles. The molecule has 0 spiro atoms. The van der Waals surface area contributed by atoms with Crippen molar-refractivity contribution in [3.8, 4) is 0 Å². The van der Waals surface area contributed by atoms with Gasteiger partial charge in [0.2, 0.25) is 10.0 Å². The molecule has 5 nitrogen and oxygen atoms in total. The van der Waals surface area contributed by atoms with Crippen LogP contribution in [0.5, 0.6) is 0 Å². The summed E-state index contributed by atoms with van der Waals surface area (Å²) in [6.07, 6.45) is 1.08. The van der Waals surface area contributed by atoms with E-state index in [2.05, 4.69) is 0 Å². The van der Waals surface area contributed by atoms with Crippen molar-refractivity contribution in [2.24, 2.45) is 0 Å². The van der Waals surface area contributed by atoms with Gasteiger partial charge in [0.05, 0.1) is 10.6 Å². The van der Waals surface area contributed by atoms with Crippen molar-refractivity contribution in [3.63, 3.8) is 0 Å². The summed E-state index contributed by atoms with van der Waals surface area (Å²) in [5.74, 6) is 0.0116. The Kier molecular flexibility index (Phi) is 5.83. The van der Waals surface area contributed by atoms with Gasteiger partial charge in [-0.2, -0.15) is 4.31 Å². The number of sulfonamides is 1. The smallest absolute Gasteiger partial charge is 0.229 e. The molecule has 1 aromatic carbocycles. The number of nitrogens with zero attached hydrogens (tertiary/aromatic N) is 1. The average molecular weight is 354 g/mol. The van der Waals surface area contributed by atoms with Crippen LogP contribution >= 0.6 is 11.6 Å². The Labute approximate surface area is 131 Å².